The Balaban J connectivity index is 5.58. The van der Waals surface area contributed by atoms with Gasteiger partial charge in [0, 0.05) is 12.5 Å². The highest BCUT2D eigenvalue weighted by Crippen LogP contribution is 2.18. The molecule has 72 valence electrons. The zero-order chi connectivity index (χ0) is 10.2. The second-order valence-corrected chi connectivity index (χ2v) is 5.90. The molecular weight excluding hydrogens is 214 g/mol. The molecule has 8 heteroatoms. The number of halogens is 2. The molecule has 0 aromatic heterocycles. The molecule has 0 aromatic carbocycles. The topological polar surface area (TPSA) is 68.3 Å². The predicted molar refractivity (Wildman–Crippen MR) is 38.9 cm³/mol. The molecule has 0 rings (SSSR count). The molecule has 0 saturated carbocycles. The normalized spacial score (nSPS) is 15.7. The second kappa shape index (κ2) is 3.09. The lowest BCUT2D eigenvalue weighted by atomic mass is 11.1. The van der Waals surface area contributed by atoms with Gasteiger partial charge in [-0.3, -0.25) is 0 Å². The Labute approximate surface area is 68.7 Å². The molecule has 4 nitrogen and oxygen atoms in total. The number of hydrogen-bond acceptors (Lipinski definition) is 4. The molecule has 0 N–H and O–H groups in total. The summed E-state index contributed by atoms with van der Waals surface area (Å²) in [6.07, 6.45) is 0.736. The lowest BCUT2D eigenvalue weighted by Crippen LogP contribution is -2.05. The second-order valence-electron chi connectivity index (χ2n) is 2.09. The van der Waals surface area contributed by atoms with Crippen LogP contribution in [0, 0.1) is 0 Å². The maximum atomic E-state index is 12.3. The molecule has 0 spiro atoms. The fourth-order valence-corrected chi connectivity index (χ4v) is 1.78. The third-order valence-corrected chi connectivity index (χ3v) is 2.60. The van der Waals surface area contributed by atoms with Gasteiger partial charge in [-0.2, -0.15) is 8.78 Å². The average Bonchev–Trinajstić information content (AvgIpc) is 1.80. The molecule has 0 radical (unpaired) electrons. The molecular formula is C4H6F2O4S2. The van der Waals surface area contributed by atoms with Crippen molar-refractivity contribution in [1.29, 1.82) is 0 Å². The van der Waals surface area contributed by atoms with E-state index in [1.807, 2.05) is 0 Å². The minimum atomic E-state index is -4.43. The van der Waals surface area contributed by atoms with Crippen molar-refractivity contribution in [2.45, 2.75) is 0 Å². The van der Waals surface area contributed by atoms with Crippen LogP contribution >= 0.6 is 0 Å². The summed E-state index contributed by atoms with van der Waals surface area (Å²) in [6.45, 7) is 0. The lowest BCUT2D eigenvalue weighted by Gasteiger charge is -1.95. The molecule has 0 atom stereocenters. The van der Waals surface area contributed by atoms with E-state index >= 15 is 0 Å². The maximum absolute atomic E-state index is 12.3. The molecule has 0 aliphatic carbocycles. The molecule has 0 aromatic rings. The van der Waals surface area contributed by atoms with Gasteiger partial charge in [0.1, 0.15) is 0 Å². The number of hydrogen-bond donors (Lipinski definition) is 0. The summed E-state index contributed by atoms with van der Waals surface area (Å²) in [5, 5.41) is -4.52. The van der Waals surface area contributed by atoms with Gasteiger partial charge in [-0.1, -0.05) is 0 Å². The summed E-state index contributed by atoms with van der Waals surface area (Å²) >= 11 is 0. The summed E-state index contributed by atoms with van der Waals surface area (Å²) in [5.74, 6) is 0. The van der Waals surface area contributed by atoms with Gasteiger partial charge in [0.05, 0.1) is 0 Å². The van der Waals surface area contributed by atoms with Crippen molar-refractivity contribution in [3.8, 4) is 0 Å². The van der Waals surface area contributed by atoms with E-state index < -0.39 is 30.0 Å². The molecule has 0 unspecified atom stereocenters. The van der Waals surface area contributed by atoms with Crippen LogP contribution in [-0.4, -0.2) is 29.3 Å². The third-order valence-electron chi connectivity index (χ3n) is 0.806. The smallest absolute Gasteiger partial charge is 0.221 e. The highest BCUT2D eigenvalue weighted by Gasteiger charge is 2.24. The summed E-state index contributed by atoms with van der Waals surface area (Å²) in [6, 6.07) is 0. The molecule has 0 bridgehead atoms. The summed E-state index contributed by atoms with van der Waals surface area (Å²) in [7, 11) is -8.85. The van der Waals surface area contributed by atoms with E-state index in [4.69, 9.17) is 0 Å². The van der Waals surface area contributed by atoms with E-state index in [9.17, 15) is 25.6 Å². The Morgan fingerprint density at radius 2 is 1.00 bits per heavy atom. The molecule has 12 heavy (non-hydrogen) atoms. The van der Waals surface area contributed by atoms with Crippen molar-refractivity contribution >= 4 is 19.7 Å². The molecule has 0 heterocycles. The molecule has 0 amide bonds. The van der Waals surface area contributed by atoms with Gasteiger partial charge in [0.2, 0.25) is 19.7 Å². The third kappa shape index (κ3) is 2.86. The van der Waals surface area contributed by atoms with E-state index in [0.717, 1.165) is 0 Å². The molecule has 0 fully saturated rings. The average molecular weight is 220 g/mol. The Hall–Kier alpha value is -0.500. The van der Waals surface area contributed by atoms with Gasteiger partial charge in [0.15, 0.2) is 0 Å². The van der Waals surface area contributed by atoms with Crippen molar-refractivity contribution in [2.75, 3.05) is 12.5 Å². The van der Waals surface area contributed by atoms with Crippen LogP contribution < -0.4 is 0 Å². The minimum Gasteiger partial charge on any atom is -0.221 e. The fourth-order valence-electron chi connectivity index (χ4n) is 0.292. The van der Waals surface area contributed by atoms with Gasteiger partial charge < -0.3 is 0 Å². The van der Waals surface area contributed by atoms with Gasteiger partial charge in [-0.25, -0.2) is 16.8 Å². The van der Waals surface area contributed by atoms with Gasteiger partial charge in [-0.15, -0.1) is 0 Å². The minimum absolute atomic E-state index is 0.368. The molecule has 0 aliphatic heterocycles. The van der Waals surface area contributed by atoms with Crippen LogP contribution in [0.3, 0.4) is 0 Å². The predicted octanol–water partition coefficient (Wildman–Crippen LogP) is 0.141. The van der Waals surface area contributed by atoms with Crippen molar-refractivity contribution < 1.29 is 25.6 Å². The quantitative estimate of drug-likeness (QED) is 0.663. The first-order valence-corrected chi connectivity index (χ1v) is 6.30. The van der Waals surface area contributed by atoms with Crippen molar-refractivity contribution in [3.05, 3.63) is 10.3 Å². The van der Waals surface area contributed by atoms with Crippen molar-refractivity contribution in [2.24, 2.45) is 0 Å². The van der Waals surface area contributed by atoms with E-state index in [1.165, 1.54) is 0 Å². The zero-order valence-electron chi connectivity index (χ0n) is 6.21. The fraction of sp³-hybridized carbons (Fsp3) is 0.500. The van der Waals surface area contributed by atoms with Crippen LogP contribution in [0.5, 0.6) is 0 Å². The number of sulfone groups is 2. The van der Waals surface area contributed by atoms with E-state index in [1.54, 1.807) is 0 Å². The summed E-state index contributed by atoms with van der Waals surface area (Å²) < 4.78 is 65.8. The van der Waals surface area contributed by atoms with Crippen LogP contribution in [0.1, 0.15) is 0 Å². The standard InChI is InChI=1S/C4H6F2O4S2/c1-11(7,8)3(5)4(6)12(2,9)10/h1-2H3/b4-3-. The zero-order valence-corrected chi connectivity index (χ0v) is 7.84. The first kappa shape index (κ1) is 11.5. The van der Waals surface area contributed by atoms with Crippen LogP contribution in [0.2, 0.25) is 0 Å². The largest absolute Gasteiger partial charge is 0.261 e. The maximum Gasteiger partial charge on any atom is 0.261 e. The highest BCUT2D eigenvalue weighted by molar-refractivity contribution is 7.98. The lowest BCUT2D eigenvalue weighted by molar-refractivity contribution is 0.545. The van der Waals surface area contributed by atoms with Crippen molar-refractivity contribution in [1.82, 2.24) is 0 Å². The van der Waals surface area contributed by atoms with Gasteiger partial charge >= 0.3 is 0 Å². The van der Waals surface area contributed by atoms with E-state index in [-0.39, 0.29) is 0 Å². The Bertz CT molecular complexity index is 362. The van der Waals surface area contributed by atoms with Crippen LogP contribution in [-0.2, 0) is 19.7 Å². The monoisotopic (exact) mass is 220 g/mol. The SMILES string of the molecule is CS(=O)(=O)/C(F)=C(/F)S(C)(=O)=O. The van der Waals surface area contributed by atoms with Crippen LogP contribution in [0.4, 0.5) is 8.78 Å². The van der Waals surface area contributed by atoms with Gasteiger partial charge in [0.25, 0.3) is 10.3 Å². The summed E-state index contributed by atoms with van der Waals surface area (Å²) in [4.78, 5) is 0. The molecule has 0 saturated heterocycles. The Kier molecular flexibility index (Phi) is 2.97. The first-order valence-electron chi connectivity index (χ1n) is 2.52. The van der Waals surface area contributed by atoms with E-state index in [2.05, 4.69) is 0 Å². The van der Waals surface area contributed by atoms with Crippen LogP contribution in [0.15, 0.2) is 10.3 Å². The van der Waals surface area contributed by atoms with Crippen LogP contribution in [0.25, 0.3) is 0 Å². The Morgan fingerprint density at radius 3 is 1.08 bits per heavy atom. The first-order chi connectivity index (χ1) is 5.07. The van der Waals surface area contributed by atoms with Gasteiger partial charge in [-0.05, 0) is 0 Å². The number of rotatable bonds is 2. The van der Waals surface area contributed by atoms with E-state index in [0.29, 0.717) is 12.5 Å². The van der Waals surface area contributed by atoms with Crippen molar-refractivity contribution in [3.63, 3.8) is 0 Å². The molecule has 0 aliphatic rings. The highest BCUT2D eigenvalue weighted by atomic mass is 32.2. The Morgan fingerprint density at radius 1 is 0.833 bits per heavy atom. The summed E-state index contributed by atoms with van der Waals surface area (Å²) in [5.41, 5.74) is 0.